The van der Waals surface area contributed by atoms with Crippen LogP contribution in [-0.4, -0.2) is 27.0 Å². The van der Waals surface area contributed by atoms with Gasteiger partial charge in [0.25, 0.3) is 5.91 Å². The standard InChI is InChI=1S/C9H12N4OS/c1-2-3-4-10-8(14)7-5-13-9(12-7)15-6-11-13/h5-6H,2-4H2,1H3,(H,10,14). The Morgan fingerprint density at radius 2 is 2.53 bits per heavy atom. The van der Waals surface area contributed by atoms with Crippen molar-refractivity contribution in [2.45, 2.75) is 19.8 Å². The molecule has 6 heteroatoms. The lowest BCUT2D eigenvalue weighted by Crippen LogP contribution is -2.24. The van der Waals surface area contributed by atoms with Gasteiger partial charge < -0.3 is 5.32 Å². The number of hydrogen-bond acceptors (Lipinski definition) is 4. The van der Waals surface area contributed by atoms with Crippen molar-refractivity contribution in [2.75, 3.05) is 6.54 Å². The maximum atomic E-state index is 11.6. The van der Waals surface area contributed by atoms with Gasteiger partial charge in [0.15, 0.2) is 0 Å². The molecular weight excluding hydrogens is 212 g/mol. The van der Waals surface area contributed by atoms with Crippen LogP contribution in [-0.2, 0) is 0 Å². The maximum Gasteiger partial charge on any atom is 0.271 e. The molecule has 5 nitrogen and oxygen atoms in total. The summed E-state index contributed by atoms with van der Waals surface area (Å²) in [6.45, 7) is 2.79. The van der Waals surface area contributed by atoms with E-state index in [1.807, 2.05) is 0 Å². The van der Waals surface area contributed by atoms with Crippen molar-refractivity contribution in [3.8, 4) is 0 Å². The number of carbonyl (C=O) groups is 1. The molecule has 0 aliphatic rings. The molecule has 1 amide bonds. The fraction of sp³-hybridized carbons (Fsp3) is 0.444. The van der Waals surface area contributed by atoms with Crippen LogP contribution in [0.2, 0.25) is 0 Å². The number of imidazole rings is 1. The van der Waals surface area contributed by atoms with Crippen molar-refractivity contribution in [1.82, 2.24) is 19.9 Å². The monoisotopic (exact) mass is 224 g/mol. The van der Waals surface area contributed by atoms with E-state index in [4.69, 9.17) is 0 Å². The van der Waals surface area contributed by atoms with E-state index in [1.165, 1.54) is 11.3 Å². The highest BCUT2D eigenvalue weighted by molar-refractivity contribution is 7.14. The van der Waals surface area contributed by atoms with Gasteiger partial charge in [-0.2, -0.15) is 5.10 Å². The van der Waals surface area contributed by atoms with Crippen LogP contribution in [0.5, 0.6) is 0 Å². The van der Waals surface area contributed by atoms with E-state index < -0.39 is 0 Å². The van der Waals surface area contributed by atoms with E-state index in [1.54, 1.807) is 16.2 Å². The average Bonchev–Trinajstić information content (AvgIpc) is 2.76. The molecule has 0 atom stereocenters. The first-order valence-corrected chi connectivity index (χ1v) is 5.76. The molecule has 2 heterocycles. The second-order valence-corrected chi connectivity index (χ2v) is 4.01. The zero-order chi connectivity index (χ0) is 10.7. The molecule has 0 aliphatic heterocycles. The summed E-state index contributed by atoms with van der Waals surface area (Å²) in [4.78, 5) is 16.5. The van der Waals surface area contributed by atoms with Gasteiger partial charge in [-0.15, -0.1) is 0 Å². The highest BCUT2D eigenvalue weighted by Gasteiger charge is 2.10. The van der Waals surface area contributed by atoms with Crippen LogP contribution >= 0.6 is 11.3 Å². The van der Waals surface area contributed by atoms with Crippen molar-refractivity contribution >= 4 is 22.2 Å². The summed E-state index contributed by atoms with van der Waals surface area (Å²) >= 11 is 1.41. The Bertz CT molecular complexity index is 433. The van der Waals surface area contributed by atoms with Crippen LogP contribution < -0.4 is 5.32 Å². The molecule has 0 unspecified atom stereocenters. The Morgan fingerprint density at radius 3 is 3.27 bits per heavy atom. The lowest BCUT2D eigenvalue weighted by Gasteiger charge is -1.99. The third kappa shape index (κ3) is 2.15. The van der Waals surface area contributed by atoms with E-state index in [0.29, 0.717) is 12.2 Å². The molecular formula is C9H12N4OS. The first kappa shape index (κ1) is 10.1. The van der Waals surface area contributed by atoms with E-state index in [9.17, 15) is 4.79 Å². The van der Waals surface area contributed by atoms with Gasteiger partial charge in [-0.05, 0) is 6.42 Å². The zero-order valence-electron chi connectivity index (χ0n) is 8.43. The number of aromatic nitrogens is 3. The predicted molar refractivity (Wildman–Crippen MR) is 58.1 cm³/mol. The number of nitrogens with zero attached hydrogens (tertiary/aromatic N) is 3. The minimum atomic E-state index is -0.124. The summed E-state index contributed by atoms with van der Waals surface area (Å²) in [5.74, 6) is -0.124. The smallest absolute Gasteiger partial charge is 0.271 e. The van der Waals surface area contributed by atoms with Crippen molar-refractivity contribution in [3.63, 3.8) is 0 Å². The summed E-state index contributed by atoms with van der Waals surface area (Å²) in [6, 6.07) is 0. The Kier molecular flexibility index (Phi) is 2.96. The highest BCUT2D eigenvalue weighted by atomic mass is 32.1. The molecule has 1 N–H and O–H groups in total. The summed E-state index contributed by atoms with van der Waals surface area (Å²) < 4.78 is 1.61. The Morgan fingerprint density at radius 1 is 1.67 bits per heavy atom. The number of hydrogen-bond donors (Lipinski definition) is 1. The normalized spacial score (nSPS) is 10.7. The van der Waals surface area contributed by atoms with Crippen LogP contribution in [0.1, 0.15) is 30.3 Å². The van der Waals surface area contributed by atoms with Crippen LogP contribution in [0.4, 0.5) is 0 Å². The molecule has 2 aromatic heterocycles. The van der Waals surface area contributed by atoms with Gasteiger partial charge in [-0.1, -0.05) is 24.7 Å². The molecule has 0 radical (unpaired) electrons. The minimum Gasteiger partial charge on any atom is -0.351 e. The summed E-state index contributed by atoms with van der Waals surface area (Å²) in [5, 5.41) is 6.82. The van der Waals surface area contributed by atoms with Gasteiger partial charge in [0.1, 0.15) is 11.2 Å². The third-order valence-corrected chi connectivity index (χ3v) is 2.72. The molecule has 0 aromatic carbocycles. The predicted octanol–water partition coefficient (Wildman–Crippen LogP) is 1.32. The van der Waals surface area contributed by atoms with Gasteiger partial charge in [0, 0.05) is 6.54 Å². The second-order valence-electron chi connectivity index (χ2n) is 3.20. The lowest BCUT2D eigenvalue weighted by atomic mass is 10.3. The number of fused-ring (bicyclic) bond motifs is 1. The molecule has 80 valence electrons. The molecule has 0 bridgehead atoms. The van der Waals surface area contributed by atoms with E-state index in [-0.39, 0.29) is 5.91 Å². The van der Waals surface area contributed by atoms with Gasteiger partial charge in [0.2, 0.25) is 4.96 Å². The van der Waals surface area contributed by atoms with Crippen LogP contribution in [0.25, 0.3) is 4.96 Å². The van der Waals surface area contributed by atoms with Gasteiger partial charge >= 0.3 is 0 Å². The maximum absolute atomic E-state index is 11.6. The Labute approximate surface area is 91.1 Å². The molecule has 0 aliphatic carbocycles. The van der Waals surface area contributed by atoms with Gasteiger partial charge in [-0.3, -0.25) is 4.79 Å². The molecule has 15 heavy (non-hydrogen) atoms. The average molecular weight is 224 g/mol. The molecule has 0 spiro atoms. The van der Waals surface area contributed by atoms with Crippen LogP contribution in [0.15, 0.2) is 11.7 Å². The number of unbranched alkanes of at least 4 members (excludes halogenated alkanes) is 1. The Balaban J connectivity index is 2.04. The highest BCUT2D eigenvalue weighted by Crippen LogP contribution is 2.08. The molecule has 2 rings (SSSR count). The first-order chi connectivity index (χ1) is 7.31. The summed E-state index contributed by atoms with van der Waals surface area (Å²) in [5.41, 5.74) is 2.13. The number of rotatable bonds is 4. The van der Waals surface area contributed by atoms with Crippen LogP contribution in [0.3, 0.4) is 0 Å². The number of carbonyl (C=O) groups excluding carboxylic acids is 1. The quantitative estimate of drug-likeness (QED) is 0.797. The lowest BCUT2D eigenvalue weighted by molar-refractivity contribution is 0.0949. The summed E-state index contributed by atoms with van der Waals surface area (Å²) in [7, 11) is 0. The third-order valence-electron chi connectivity index (χ3n) is 2.03. The van der Waals surface area contributed by atoms with Gasteiger partial charge in [-0.25, -0.2) is 9.50 Å². The number of nitrogens with one attached hydrogen (secondary N) is 1. The van der Waals surface area contributed by atoms with Crippen molar-refractivity contribution < 1.29 is 4.79 Å². The molecule has 0 fully saturated rings. The minimum absolute atomic E-state index is 0.124. The number of amides is 1. The SMILES string of the molecule is CCCCNC(=O)c1cn2ncsc2n1. The topological polar surface area (TPSA) is 59.3 Å². The van der Waals surface area contributed by atoms with E-state index in [2.05, 4.69) is 22.3 Å². The van der Waals surface area contributed by atoms with E-state index >= 15 is 0 Å². The molecule has 0 saturated carbocycles. The van der Waals surface area contributed by atoms with Gasteiger partial charge in [0.05, 0.1) is 6.20 Å². The van der Waals surface area contributed by atoms with Crippen molar-refractivity contribution in [3.05, 3.63) is 17.4 Å². The zero-order valence-corrected chi connectivity index (χ0v) is 9.25. The van der Waals surface area contributed by atoms with Crippen LogP contribution in [0, 0.1) is 0 Å². The molecule has 0 saturated heterocycles. The van der Waals surface area contributed by atoms with Crippen molar-refractivity contribution in [2.24, 2.45) is 0 Å². The molecule has 2 aromatic rings. The largest absolute Gasteiger partial charge is 0.351 e. The summed E-state index contributed by atoms with van der Waals surface area (Å²) in [6.07, 6.45) is 3.71. The fourth-order valence-electron chi connectivity index (χ4n) is 1.22. The Hall–Kier alpha value is -1.43. The fourth-order valence-corrected chi connectivity index (χ4v) is 1.82. The van der Waals surface area contributed by atoms with Crippen molar-refractivity contribution in [1.29, 1.82) is 0 Å². The second kappa shape index (κ2) is 4.39. The van der Waals surface area contributed by atoms with E-state index in [0.717, 1.165) is 17.8 Å². The first-order valence-electron chi connectivity index (χ1n) is 4.88.